The third-order valence-corrected chi connectivity index (χ3v) is 2.92. The quantitative estimate of drug-likeness (QED) is 0.257. The molecule has 0 aromatic heterocycles. The third-order valence-electron chi connectivity index (χ3n) is 2.66. The number of carbonyl (C=O) groups is 1. The second kappa shape index (κ2) is 6.70. The molecule has 104 valence electrons. The van der Waals surface area contributed by atoms with Gasteiger partial charge in [0.2, 0.25) is 0 Å². The zero-order valence-corrected chi connectivity index (χ0v) is 11.5. The molecule has 0 unspecified atom stereocenters. The van der Waals surface area contributed by atoms with Gasteiger partial charge in [0.25, 0.3) is 0 Å². The predicted octanol–water partition coefficient (Wildman–Crippen LogP) is 5.01. The Morgan fingerprint density at radius 1 is 1.14 bits per heavy atom. The lowest BCUT2D eigenvalue weighted by Gasteiger charge is -2.02. The minimum Gasteiger partial charge on any atom is -0.289 e. The number of hydrogen-bond donors (Lipinski definition) is 0. The average molecular weight is 302 g/mol. The molecule has 2 rings (SSSR count). The first-order valence-electron chi connectivity index (χ1n) is 5.93. The number of ketones is 1. The molecule has 0 radical (unpaired) electrons. The maximum absolute atomic E-state index is 12.9. The zero-order chi connectivity index (χ0) is 15.2. The van der Waals surface area contributed by atoms with Gasteiger partial charge in [-0.2, -0.15) is 0 Å². The number of Topliss-reactive ketones (excluding diaryl/α,β-unsaturated/α-hetero) is 1. The molecule has 0 aliphatic heterocycles. The lowest BCUT2D eigenvalue weighted by Crippen LogP contribution is -2.01. The normalized spacial score (nSPS) is 10.9. The molecule has 0 atom stereocenters. The molecule has 4 nitrogen and oxygen atoms in total. The van der Waals surface area contributed by atoms with E-state index in [1.807, 2.05) is 0 Å². The van der Waals surface area contributed by atoms with Crippen molar-refractivity contribution >= 4 is 23.5 Å². The molecule has 6 heteroatoms. The Morgan fingerprint density at radius 2 is 1.76 bits per heavy atom. The molecule has 0 fully saturated rings. The summed E-state index contributed by atoms with van der Waals surface area (Å²) in [5.74, 6) is -0.824. The van der Waals surface area contributed by atoms with Crippen LogP contribution in [0.5, 0.6) is 0 Å². The van der Waals surface area contributed by atoms with Crippen molar-refractivity contribution in [2.75, 3.05) is 0 Å². The van der Waals surface area contributed by atoms with Gasteiger partial charge in [0.1, 0.15) is 5.82 Å². The van der Waals surface area contributed by atoms with Gasteiger partial charge in [0, 0.05) is 15.5 Å². The van der Waals surface area contributed by atoms with Crippen LogP contribution in [0.1, 0.15) is 15.9 Å². The molecule has 0 aliphatic carbocycles. The number of rotatable bonds is 4. The van der Waals surface area contributed by atoms with Gasteiger partial charge in [0.05, 0.1) is 5.70 Å². The van der Waals surface area contributed by atoms with Gasteiger partial charge in [-0.1, -0.05) is 28.8 Å². The topological polar surface area (TPSA) is 65.8 Å². The second-order valence-corrected chi connectivity index (χ2v) is 4.54. The van der Waals surface area contributed by atoms with Crippen molar-refractivity contribution in [3.8, 4) is 0 Å². The highest BCUT2D eigenvalue weighted by atomic mass is 35.5. The SMILES string of the molecule is [N-]=[N+]=N/C(=C\c1ccc(F)cc1)C(=O)c1ccc(Cl)cc1. The largest absolute Gasteiger partial charge is 0.289 e. The predicted molar refractivity (Wildman–Crippen MR) is 79.3 cm³/mol. The molecular weight excluding hydrogens is 293 g/mol. The Balaban J connectivity index is 2.38. The summed E-state index contributed by atoms with van der Waals surface area (Å²) >= 11 is 5.76. The summed E-state index contributed by atoms with van der Waals surface area (Å²) < 4.78 is 12.9. The van der Waals surface area contributed by atoms with Crippen LogP contribution in [0.2, 0.25) is 5.02 Å². The molecule has 0 bridgehead atoms. The second-order valence-electron chi connectivity index (χ2n) is 4.11. The van der Waals surface area contributed by atoms with E-state index in [0.717, 1.165) is 0 Å². The van der Waals surface area contributed by atoms with Crippen LogP contribution in [-0.4, -0.2) is 5.78 Å². The Bertz CT molecular complexity index is 733. The van der Waals surface area contributed by atoms with Crippen LogP contribution < -0.4 is 0 Å². The van der Waals surface area contributed by atoms with E-state index in [0.29, 0.717) is 16.1 Å². The molecular formula is C15H9ClFN3O. The van der Waals surface area contributed by atoms with Crippen molar-refractivity contribution in [3.05, 3.63) is 86.6 Å². The van der Waals surface area contributed by atoms with Gasteiger partial charge in [-0.25, -0.2) is 4.39 Å². The first-order chi connectivity index (χ1) is 10.1. The highest BCUT2D eigenvalue weighted by Gasteiger charge is 2.11. The van der Waals surface area contributed by atoms with Crippen LogP contribution >= 0.6 is 11.6 Å². The van der Waals surface area contributed by atoms with Gasteiger partial charge in [-0.05, 0) is 53.6 Å². The average Bonchev–Trinajstić information content (AvgIpc) is 2.49. The number of halogens is 2. The van der Waals surface area contributed by atoms with E-state index >= 15 is 0 Å². The Kier molecular flexibility index (Phi) is 4.72. The third kappa shape index (κ3) is 3.92. The number of benzene rings is 2. The van der Waals surface area contributed by atoms with Crippen molar-refractivity contribution in [3.63, 3.8) is 0 Å². The van der Waals surface area contributed by atoms with Crippen LogP contribution in [0.25, 0.3) is 16.5 Å². The molecule has 0 saturated carbocycles. The fourth-order valence-corrected chi connectivity index (χ4v) is 1.78. The number of allylic oxidation sites excluding steroid dienone is 1. The van der Waals surface area contributed by atoms with Crippen molar-refractivity contribution in [1.29, 1.82) is 0 Å². The zero-order valence-electron chi connectivity index (χ0n) is 10.7. The van der Waals surface area contributed by atoms with Gasteiger partial charge in [-0.3, -0.25) is 4.79 Å². The highest BCUT2D eigenvalue weighted by molar-refractivity contribution is 6.30. The van der Waals surface area contributed by atoms with E-state index in [1.165, 1.54) is 42.5 Å². The molecule has 0 heterocycles. The molecule has 0 spiro atoms. The van der Waals surface area contributed by atoms with Gasteiger partial charge in [-0.15, -0.1) is 0 Å². The summed E-state index contributed by atoms with van der Waals surface area (Å²) in [7, 11) is 0. The van der Waals surface area contributed by atoms with Crippen molar-refractivity contribution in [2.45, 2.75) is 0 Å². The molecule has 0 N–H and O–H groups in total. The van der Waals surface area contributed by atoms with Crippen LogP contribution in [0, 0.1) is 5.82 Å². The van der Waals surface area contributed by atoms with E-state index in [1.54, 1.807) is 12.1 Å². The maximum Gasteiger partial charge on any atom is 0.195 e. The van der Waals surface area contributed by atoms with Crippen LogP contribution in [0.15, 0.2) is 59.3 Å². The van der Waals surface area contributed by atoms with Crippen LogP contribution in [-0.2, 0) is 0 Å². The molecule has 0 saturated heterocycles. The number of hydrogen-bond acceptors (Lipinski definition) is 2. The Hall–Kier alpha value is -2.62. The minimum absolute atomic E-state index is 0.0774. The van der Waals surface area contributed by atoms with Crippen LogP contribution in [0.4, 0.5) is 4.39 Å². The van der Waals surface area contributed by atoms with Crippen molar-refractivity contribution in [1.82, 2.24) is 0 Å². The highest BCUT2D eigenvalue weighted by Crippen LogP contribution is 2.17. The van der Waals surface area contributed by atoms with E-state index in [9.17, 15) is 9.18 Å². The lowest BCUT2D eigenvalue weighted by atomic mass is 10.1. The first-order valence-corrected chi connectivity index (χ1v) is 6.30. The standard InChI is InChI=1S/C15H9ClFN3O/c16-12-5-3-11(4-6-12)15(21)14(19-20-18)9-10-1-7-13(17)8-2-10/h1-9H/b14-9-. The molecule has 0 amide bonds. The van der Waals surface area contributed by atoms with Crippen LogP contribution in [0.3, 0.4) is 0 Å². The monoisotopic (exact) mass is 301 g/mol. The van der Waals surface area contributed by atoms with E-state index in [4.69, 9.17) is 17.1 Å². The summed E-state index contributed by atoms with van der Waals surface area (Å²) in [6.45, 7) is 0. The van der Waals surface area contributed by atoms with E-state index in [2.05, 4.69) is 10.0 Å². The van der Waals surface area contributed by atoms with E-state index in [-0.39, 0.29) is 11.5 Å². The fraction of sp³-hybridized carbons (Fsp3) is 0. The Morgan fingerprint density at radius 3 is 2.33 bits per heavy atom. The van der Waals surface area contributed by atoms with Gasteiger partial charge >= 0.3 is 0 Å². The number of carbonyl (C=O) groups excluding carboxylic acids is 1. The molecule has 0 aliphatic rings. The van der Waals surface area contributed by atoms with Gasteiger partial charge in [0.15, 0.2) is 5.78 Å². The fourth-order valence-electron chi connectivity index (χ4n) is 1.65. The maximum atomic E-state index is 12.9. The van der Waals surface area contributed by atoms with Gasteiger partial charge < -0.3 is 0 Å². The Labute approximate surface area is 125 Å². The lowest BCUT2D eigenvalue weighted by molar-refractivity contribution is 0.103. The summed E-state index contributed by atoms with van der Waals surface area (Å²) in [5.41, 5.74) is 9.41. The first kappa shape index (κ1) is 14.8. The minimum atomic E-state index is -0.436. The number of azide groups is 1. The van der Waals surface area contributed by atoms with E-state index < -0.39 is 5.78 Å². The summed E-state index contributed by atoms with van der Waals surface area (Å²) in [5, 5.41) is 3.91. The summed E-state index contributed by atoms with van der Waals surface area (Å²) in [6.07, 6.45) is 1.40. The molecule has 21 heavy (non-hydrogen) atoms. The molecule has 2 aromatic rings. The van der Waals surface area contributed by atoms with Crippen molar-refractivity contribution in [2.24, 2.45) is 5.11 Å². The molecule has 2 aromatic carbocycles. The smallest absolute Gasteiger partial charge is 0.195 e. The summed E-state index contributed by atoms with van der Waals surface area (Å²) in [4.78, 5) is 14.9. The number of nitrogens with zero attached hydrogens (tertiary/aromatic N) is 3. The summed E-state index contributed by atoms with van der Waals surface area (Å²) in [6, 6.07) is 11.7. The van der Waals surface area contributed by atoms with Crippen molar-refractivity contribution < 1.29 is 9.18 Å².